The number of anilines is 1. The van der Waals surface area contributed by atoms with E-state index in [0.29, 0.717) is 12.2 Å². The number of aryl methyl sites for hydroxylation is 2. The Morgan fingerprint density at radius 3 is 2.75 bits per heavy atom. The number of nitrogens with one attached hydrogen (secondary N) is 1. The van der Waals surface area contributed by atoms with E-state index in [4.69, 9.17) is 5.73 Å². The van der Waals surface area contributed by atoms with Crippen LogP contribution in [0.4, 0.5) is 5.69 Å². The summed E-state index contributed by atoms with van der Waals surface area (Å²) in [6, 6.07) is 15.8. The highest BCUT2D eigenvalue weighted by atomic mass is 16.1. The highest BCUT2D eigenvalue weighted by Crippen LogP contribution is 2.12. The lowest BCUT2D eigenvalue weighted by Crippen LogP contribution is -2.16. The first kappa shape index (κ1) is 15.7. The number of primary amides is 1. The minimum Gasteiger partial charge on any atom is -0.377 e. The Morgan fingerprint density at radius 2 is 1.96 bits per heavy atom. The number of nitrogens with two attached hydrogens (primary N) is 1. The molecule has 122 valence electrons. The third-order valence-electron chi connectivity index (χ3n) is 3.67. The van der Waals surface area contributed by atoms with Crippen LogP contribution in [0.2, 0.25) is 0 Å². The van der Waals surface area contributed by atoms with Crippen molar-refractivity contribution >= 4 is 11.6 Å². The molecule has 0 fully saturated rings. The van der Waals surface area contributed by atoms with Gasteiger partial charge in [0.05, 0.1) is 17.9 Å². The number of hydrogen-bond acceptors (Lipinski definition) is 4. The van der Waals surface area contributed by atoms with Crippen molar-refractivity contribution in [1.82, 2.24) is 14.8 Å². The summed E-state index contributed by atoms with van der Waals surface area (Å²) in [5, 5.41) is 7.69. The molecule has 1 amide bonds. The molecular formula is C18H19N5O. The Bertz CT molecular complexity index is 813. The van der Waals surface area contributed by atoms with Gasteiger partial charge < -0.3 is 11.1 Å². The quantitative estimate of drug-likeness (QED) is 0.699. The molecule has 6 heteroatoms. The zero-order valence-electron chi connectivity index (χ0n) is 13.2. The van der Waals surface area contributed by atoms with Crippen LogP contribution < -0.4 is 11.1 Å². The number of rotatable bonds is 7. The van der Waals surface area contributed by atoms with Gasteiger partial charge in [0.2, 0.25) is 0 Å². The van der Waals surface area contributed by atoms with Crippen molar-refractivity contribution in [3.63, 3.8) is 0 Å². The third kappa shape index (κ3) is 3.98. The first-order valence-corrected chi connectivity index (χ1v) is 7.77. The van der Waals surface area contributed by atoms with Gasteiger partial charge in [0, 0.05) is 18.9 Å². The van der Waals surface area contributed by atoms with Gasteiger partial charge in [0.25, 0.3) is 5.91 Å². The normalized spacial score (nSPS) is 10.5. The van der Waals surface area contributed by atoms with Crippen LogP contribution in [0.3, 0.4) is 0 Å². The van der Waals surface area contributed by atoms with Crippen molar-refractivity contribution in [2.24, 2.45) is 5.73 Å². The van der Waals surface area contributed by atoms with Gasteiger partial charge in [-0.3, -0.25) is 9.48 Å². The van der Waals surface area contributed by atoms with E-state index in [2.05, 4.69) is 27.5 Å². The van der Waals surface area contributed by atoms with Crippen LogP contribution in [-0.2, 0) is 19.5 Å². The molecule has 1 aromatic carbocycles. The lowest BCUT2D eigenvalue weighted by Gasteiger charge is -2.07. The molecule has 0 aliphatic heterocycles. The fraction of sp³-hybridized carbons (Fsp3) is 0.167. The summed E-state index contributed by atoms with van der Waals surface area (Å²) in [6.07, 6.45) is 4.44. The summed E-state index contributed by atoms with van der Waals surface area (Å²) in [7, 11) is 0. The highest BCUT2D eigenvalue weighted by molar-refractivity contribution is 5.96. The van der Waals surface area contributed by atoms with Gasteiger partial charge >= 0.3 is 0 Å². The maximum atomic E-state index is 11.4. The maximum Gasteiger partial charge on any atom is 0.269 e. The van der Waals surface area contributed by atoms with E-state index in [1.54, 1.807) is 18.3 Å². The topological polar surface area (TPSA) is 85.8 Å². The van der Waals surface area contributed by atoms with Crippen molar-refractivity contribution in [3.8, 4) is 0 Å². The van der Waals surface area contributed by atoms with Crippen LogP contribution in [-0.4, -0.2) is 20.7 Å². The summed E-state index contributed by atoms with van der Waals surface area (Å²) in [5.41, 5.74) is 8.35. The van der Waals surface area contributed by atoms with Crippen LogP contribution in [0.25, 0.3) is 0 Å². The van der Waals surface area contributed by atoms with E-state index < -0.39 is 5.91 Å². The number of carbonyl (C=O) groups is 1. The van der Waals surface area contributed by atoms with Gasteiger partial charge in [-0.2, -0.15) is 5.10 Å². The Balaban J connectivity index is 1.58. The average Bonchev–Trinajstić information content (AvgIpc) is 3.07. The Labute approximate surface area is 140 Å². The first-order valence-electron chi connectivity index (χ1n) is 7.77. The summed E-state index contributed by atoms with van der Waals surface area (Å²) < 4.78 is 1.92. The molecule has 6 nitrogen and oxygen atoms in total. The fourth-order valence-electron chi connectivity index (χ4n) is 2.44. The van der Waals surface area contributed by atoms with Crippen LogP contribution in [0.15, 0.2) is 60.9 Å². The Morgan fingerprint density at radius 1 is 1.12 bits per heavy atom. The molecule has 0 saturated heterocycles. The van der Waals surface area contributed by atoms with Gasteiger partial charge in [0.15, 0.2) is 5.69 Å². The highest BCUT2D eigenvalue weighted by Gasteiger charge is 2.09. The molecule has 0 radical (unpaired) electrons. The zero-order chi connectivity index (χ0) is 16.8. The molecule has 0 bridgehead atoms. The van der Waals surface area contributed by atoms with Gasteiger partial charge in [-0.15, -0.1) is 0 Å². The molecule has 0 spiro atoms. The Hall–Kier alpha value is -3.15. The lowest BCUT2D eigenvalue weighted by molar-refractivity contribution is 0.0996. The second-order valence-electron chi connectivity index (χ2n) is 5.42. The van der Waals surface area contributed by atoms with Crippen molar-refractivity contribution in [3.05, 3.63) is 77.9 Å². The molecular weight excluding hydrogens is 302 g/mol. The maximum absolute atomic E-state index is 11.4. The van der Waals surface area contributed by atoms with Crippen LogP contribution >= 0.6 is 0 Å². The van der Waals surface area contributed by atoms with E-state index in [1.165, 1.54) is 5.56 Å². The van der Waals surface area contributed by atoms with Crippen molar-refractivity contribution in [2.45, 2.75) is 19.5 Å². The second kappa shape index (κ2) is 7.41. The first-order chi connectivity index (χ1) is 11.7. The standard InChI is InChI=1S/C18H19N5O/c19-18(24)17-16(7-4-10-20-17)21-13-15-9-12-23(22-15)11-8-14-5-2-1-3-6-14/h1-7,9-10,12,21H,8,11,13H2,(H2,19,24). The number of pyridine rings is 1. The van der Waals surface area contributed by atoms with Gasteiger partial charge in [-0.05, 0) is 30.2 Å². The van der Waals surface area contributed by atoms with E-state index in [1.807, 2.05) is 35.1 Å². The summed E-state index contributed by atoms with van der Waals surface area (Å²) in [6.45, 7) is 1.33. The van der Waals surface area contributed by atoms with Crippen LogP contribution in [0, 0.1) is 0 Å². The van der Waals surface area contributed by atoms with E-state index >= 15 is 0 Å². The summed E-state index contributed by atoms with van der Waals surface area (Å²) in [5.74, 6) is -0.550. The van der Waals surface area contributed by atoms with Crippen molar-refractivity contribution in [2.75, 3.05) is 5.32 Å². The molecule has 3 aromatic rings. The monoisotopic (exact) mass is 321 g/mol. The summed E-state index contributed by atoms with van der Waals surface area (Å²) in [4.78, 5) is 15.4. The SMILES string of the molecule is NC(=O)c1ncccc1NCc1ccn(CCc2ccccc2)n1. The number of nitrogens with zero attached hydrogens (tertiary/aromatic N) is 3. The van der Waals surface area contributed by atoms with E-state index in [0.717, 1.165) is 18.7 Å². The minimum atomic E-state index is -0.550. The second-order valence-corrected chi connectivity index (χ2v) is 5.42. The molecule has 2 aromatic heterocycles. The number of carbonyl (C=O) groups excluding carboxylic acids is 1. The molecule has 0 unspecified atom stereocenters. The predicted molar refractivity (Wildman–Crippen MR) is 92.5 cm³/mol. The predicted octanol–water partition coefficient (Wildman–Crippen LogP) is 2.23. The van der Waals surface area contributed by atoms with E-state index in [9.17, 15) is 4.79 Å². The van der Waals surface area contributed by atoms with Crippen molar-refractivity contribution in [1.29, 1.82) is 0 Å². The molecule has 0 aliphatic carbocycles. The van der Waals surface area contributed by atoms with Crippen molar-refractivity contribution < 1.29 is 4.79 Å². The molecule has 3 N–H and O–H groups in total. The molecule has 3 rings (SSSR count). The number of amides is 1. The van der Waals surface area contributed by atoms with Gasteiger partial charge in [-0.25, -0.2) is 4.98 Å². The fourth-order valence-corrected chi connectivity index (χ4v) is 2.44. The van der Waals surface area contributed by atoms with E-state index in [-0.39, 0.29) is 5.69 Å². The number of hydrogen-bond donors (Lipinski definition) is 2. The van der Waals surface area contributed by atoms with Crippen LogP contribution in [0.5, 0.6) is 0 Å². The lowest BCUT2D eigenvalue weighted by atomic mass is 10.2. The smallest absolute Gasteiger partial charge is 0.269 e. The van der Waals surface area contributed by atoms with Gasteiger partial charge in [-0.1, -0.05) is 30.3 Å². The zero-order valence-corrected chi connectivity index (χ0v) is 13.2. The van der Waals surface area contributed by atoms with Gasteiger partial charge in [0.1, 0.15) is 0 Å². The largest absolute Gasteiger partial charge is 0.377 e. The Kier molecular flexibility index (Phi) is 4.86. The number of benzene rings is 1. The minimum absolute atomic E-state index is 0.237. The molecule has 0 atom stereocenters. The molecule has 2 heterocycles. The average molecular weight is 321 g/mol. The summed E-state index contributed by atoms with van der Waals surface area (Å²) >= 11 is 0. The molecule has 0 saturated carbocycles. The molecule has 0 aliphatic rings. The third-order valence-corrected chi connectivity index (χ3v) is 3.67. The van der Waals surface area contributed by atoms with Crippen LogP contribution in [0.1, 0.15) is 21.7 Å². The number of aromatic nitrogens is 3. The molecule has 24 heavy (non-hydrogen) atoms.